The lowest BCUT2D eigenvalue weighted by molar-refractivity contribution is 0.394. The zero-order chi connectivity index (χ0) is 15.2. The van der Waals surface area contributed by atoms with E-state index in [-0.39, 0.29) is 18.4 Å². The van der Waals surface area contributed by atoms with E-state index in [1.165, 1.54) is 5.56 Å². The summed E-state index contributed by atoms with van der Waals surface area (Å²) < 4.78 is 11.1. The van der Waals surface area contributed by atoms with Crippen molar-refractivity contribution in [3.8, 4) is 11.5 Å². The van der Waals surface area contributed by atoms with Gasteiger partial charge in [0.1, 0.15) is 11.5 Å². The molecule has 2 aromatic carbocycles. The van der Waals surface area contributed by atoms with Crippen LogP contribution in [0.15, 0.2) is 42.5 Å². The molecular weight excluding hydrogens is 298 g/mol. The predicted octanol–water partition coefficient (Wildman–Crippen LogP) is 3.61. The van der Waals surface area contributed by atoms with Gasteiger partial charge in [-0.2, -0.15) is 0 Å². The van der Waals surface area contributed by atoms with Gasteiger partial charge in [0.15, 0.2) is 0 Å². The number of methoxy groups -OCH3 is 2. The van der Waals surface area contributed by atoms with Gasteiger partial charge in [-0.05, 0) is 36.6 Å². The van der Waals surface area contributed by atoms with Crippen molar-refractivity contribution in [2.24, 2.45) is 5.73 Å². The van der Waals surface area contributed by atoms with E-state index in [1.54, 1.807) is 14.2 Å². The lowest BCUT2D eigenvalue weighted by atomic mass is 9.99. The maximum absolute atomic E-state index is 5.90. The van der Waals surface area contributed by atoms with E-state index >= 15 is 0 Å². The van der Waals surface area contributed by atoms with Crippen LogP contribution in [0.2, 0.25) is 0 Å². The average molecular weight is 322 g/mol. The Balaban J connectivity index is 0.00000242. The number of ether oxygens (including phenoxy) is 2. The first kappa shape index (κ1) is 18.3. The lowest BCUT2D eigenvalue weighted by Crippen LogP contribution is -2.18. The van der Waals surface area contributed by atoms with Crippen LogP contribution in [-0.4, -0.2) is 20.3 Å². The molecule has 3 nitrogen and oxygen atoms in total. The summed E-state index contributed by atoms with van der Waals surface area (Å²) in [6, 6.07) is 14.5. The molecule has 0 saturated heterocycles. The summed E-state index contributed by atoms with van der Waals surface area (Å²) in [7, 11) is 3.39. The molecule has 0 aliphatic rings. The van der Waals surface area contributed by atoms with Crippen LogP contribution in [-0.2, 0) is 12.8 Å². The molecule has 0 spiro atoms. The van der Waals surface area contributed by atoms with Crippen LogP contribution >= 0.6 is 12.4 Å². The fourth-order valence-corrected chi connectivity index (χ4v) is 2.48. The highest BCUT2D eigenvalue weighted by Crippen LogP contribution is 2.31. The standard InChI is InChI=1S/C18H23NO2.ClH/c1-13(19)9-15-11-18(21-3)16(12-17(15)20-2)10-14-7-5-4-6-8-14;/h4-8,11-13H,9-10,19H2,1-3H3;1H. The van der Waals surface area contributed by atoms with Crippen molar-refractivity contribution in [1.82, 2.24) is 0 Å². The predicted molar refractivity (Wildman–Crippen MR) is 93.4 cm³/mol. The normalized spacial score (nSPS) is 11.5. The average Bonchev–Trinajstić information content (AvgIpc) is 2.48. The molecule has 0 fully saturated rings. The van der Waals surface area contributed by atoms with E-state index in [0.29, 0.717) is 0 Å². The van der Waals surface area contributed by atoms with E-state index < -0.39 is 0 Å². The first-order valence-electron chi connectivity index (χ1n) is 7.17. The van der Waals surface area contributed by atoms with E-state index in [1.807, 2.05) is 31.2 Å². The van der Waals surface area contributed by atoms with Gasteiger partial charge in [0.25, 0.3) is 0 Å². The maximum Gasteiger partial charge on any atom is 0.122 e. The van der Waals surface area contributed by atoms with Crippen molar-refractivity contribution < 1.29 is 9.47 Å². The van der Waals surface area contributed by atoms with Crippen molar-refractivity contribution in [1.29, 1.82) is 0 Å². The Kier molecular flexibility index (Phi) is 7.22. The molecular formula is C18H24ClNO2. The van der Waals surface area contributed by atoms with Gasteiger partial charge in [-0.25, -0.2) is 0 Å². The fraction of sp³-hybridized carbons (Fsp3) is 0.333. The van der Waals surface area contributed by atoms with Crippen molar-refractivity contribution in [2.75, 3.05) is 14.2 Å². The number of halogens is 1. The van der Waals surface area contributed by atoms with Gasteiger partial charge in [-0.15, -0.1) is 12.4 Å². The number of benzene rings is 2. The topological polar surface area (TPSA) is 44.5 Å². The molecule has 22 heavy (non-hydrogen) atoms. The largest absolute Gasteiger partial charge is 0.496 e. The molecule has 0 aliphatic carbocycles. The van der Waals surface area contributed by atoms with Crippen LogP contribution in [0.1, 0.15) is 23.6 Å². The third kappa shape index (κ3) is 4.65. The van der Waals surface area contributed by atoms with Gasteiger partial charge in [-0.1, -0.05) is 30.3 Å². The van der Waals surface area contributed by atoms with E-state index in [9.17, 15) is 0 Å². The second kappa shape index (κ2) is 8.66. The molecule has 4 heteroatoms. The summed E-state index contributed by atoms with van der Waals surface area (Å²) in [4.78, 5) is 0. The SMILES string of the molecule is COc1cc(CC(C)N)c(OC)cc1Cc1ccccc1.Cl. The zero-order valence-corrected chi connectivity index (χ0v) is 14.2. The Morgan fingerprint density at radius 1 is 0.955 bits per heavy atom. The Bertz CT molecular complexity index is 585. The fourth-order valence-electron chi connectivity index (χ4n) is 2.48. The van der Waals surface area contributed by atoms with Gasteiger partial charge in [0, 0.05) is 18.0 Å². The van der Waals surface area contributed by atoms with E-state index in [4.69, 9.17) is 15.2 Å². The Hall–Kier alpha value is -1.71. The van der Waals surface area contributed by atoms with Crippen LogP contribution < -0.4 is 15.2 Å². The summed E-state index contributed by atoms with van der Waals surface area (Å²) in [5, 5.41) is 0. The monoisotopic (exact) mass is 321 g/mol. The van der Waals surface area contributed by atoms with Gasteiger partial charge in [0.05, 0.1) is 14.2 Å². The van der Waals surface area contributed by atoms with Crippen LogP contribution in [0, 0.1) is 0 Å². The number of rotatable bonds is 6. The Labute approximate surface area is 138 Å². The molecule has 1 atom stereocenters. The third-order valence-electron chi connectivity index (χ3n) is 3.46. The third-order valence-corrected chi connectivity index (χ3v) is 3.46. The second-order valence-electron chi connectivity index (χ2n) is 5.32. The zero-order valence-electron chi connectivity index (χ0n) is 13.3. The molecule has 2 rings (SSSR count). The molecule has 120 valence electrons. The molecule has 0 bridgehead atoms. The smallest absolute Gasteiger partial charge is 0.122 e. The summed E-state index contributed by atoms with van der Waals surface area (Å²) in [5.74, 6) is 1.76. The first-order chi connectivity index (χ1) is 10.1. The molecule has 0 aliphatic heterocycles. The Morgan fingerprint density at radius 3 is 2.05 bits per heavy atom. The molecule has 0 aromatic heterocycles. The molecule has 1 unspecified atom stereocenters. The quantitative estimate of drug-likeness (QED) is 0.884. The minimum atomic E-state index is 0. The molecule has 2 aromatic rings. The highest BCUT2D eigenvalue weighted by atomic mass is 35.5. The number of nitrogens with two attached hydrogens (primary N) is 1. The minimum absolute atomic E-state index is 0. The van der Waals surface area contributed by atoms with E-state index in [0.717, 1.165) is 35.5 Å². The van der Waals surface area contributed by atoms with Crippen molar-refractivity contribution in [3.63, 3.8) is 0 Å². The number of hydrogen-bond donors (Lipinski definition) is 1. The molecule has 0 amide bonds. The molecule has 0 radical (unpaired) electrons. The van der Waals surface area contributed by atoms with Crippen LogP contribution in [0.25, 0.3) is 0 Å². The van der Waals surface area contributed by atoms with Gasteiger partial charge < -0.3 is 15.2 Å². The summed E-state index contributed by atoms with van der Waals surface area (Å²) in [6.07, 6.45) is 1.59. The van der Waals surface area contributed by atoms with Crippen LogP contribution in [0.3, 0.4) is 0 Å². The highest BCUT2D eigenvalue weighted by Gasteiger charge is 2.13. The number of hydrogen-bond acceptors (Lipinski definition) is 3. The second-order valence-corrected chi connectivity index (χ2v) is 5.32. The van der Waals surface area contributed by atoms with Crippen molar-refractivity contribution >= 4 is 12.4 Å². The molecule has 0 heterocycles. The Morgan fingerprint density at radius 2 is 1.50 bits per heavy atom. The van der Waals surface area contributed by atoms with E-state index in [2.05, 4.69) is 18.2 Å². The van der Waals surface area contributed by atoms with Crippen molar-refractivity contribution in [2.45, 2.75) is 25.8 Å². The van der Waals surface area contributed by atoms with Gasteiger partial charge in [0.2, 0.25) is 0 Å². The maximum atomic E-state index is 5.90. The summed E-state index contributed by atoms with van der Waals surface area (Å²) in [5.41, 5.74) is 9.36. The highest BCUT2D eigenvalue weighted by molar-refractivity contribution is 5.85. The molecule has 0 saturated carbocycles. The summed E-state index contributed by atoms with van der Waals surface area (Å²) >= 11 is 0. The van der Waals surface area contributed by atoms with Crippen LogP contribution in [0.4, 0.5) is 0 Å². The molecule has 2 N–H and O–H groups in total. The van der Waals surface area contributed by atoms with Gasteiger partial charge >= 0.3 is 0 Å². The lowest BCUT2D eigenvalue weighted by Gasteiger charge is -2.16. The first-order valence-corrected chi connectivity index (χ1v) is 7.17. The minimum Gasteiger partial charge on any atom is -0.496 e. The van der Waals surface area contributed by atoms with Crippen LogP contribution in [0.5, 0.6) is 11.5 Å². The summed E-state index contributed by atoms with van der Waals surface area (Å²) in [6.45, 7) is 1.99. The van der Waals surface area contributed by atoms with Crippen molar-refractivity contribution in [3.05, 3.63) is 59.2 Å². The van der Waals surface area contributed by atoms with Gasteiger partial charge in [-0.3, -0.25) is 0 Å².